The molecule has 2 aliphatic heterocycles. The summed E-state index contributed by atoms with van der Waals surface area (Å²) in [6, 6.07) is 0. The average Bonchev–Trinajstić information content (AvgIpc) is 2.96. The van der Waals surface area contributed by atoms with Crippen LogP contribution in [0, 0.1) is 0 Å². The molecule has 0 radical (unpaired) electrons. The summed E-state index contributed by atoms with van der Waals surface area (Å²) < 4.78 is 22.1. The van der Waals surface area contributed by atoms with E-state index < -0.39 is 58.5 Å². The van der Waals surface area contributed by atoms with E-state index in [0.29, 0.717) is 50.0 Å². The third-order valence-electron chi connectivity index (χ3n) is 8.10. The number of esters is 2. The van der Waals surface area contributed by atoms with Crippen LogP contribution in [-0.4, -0.2) is 68.7 Å². The molecule has 0 amide bonds. The van der Waals surface area contributed by atoms with Crippen LogP contribution in [0.2, 0.25) is 0 Å². The van der Waals surface area contributed by atoms with Crippen LogP contribution in [-0.2, 0) is 47.7 Å². The number of hydrogen-bond donors (Lipinski definition) is 2. The molecule has 0 aromatic heterocycles. The topological polar surface area (TPSA) is 180 Å². The highest BCUT2D eigenvalue weighted by Gasteiger charge is 2.59. The predicted octanol–water partition coefficient (Wildman–Crippen LogP) is 3.23. The minimum atomic E-state index is -2.40. The van der Waals surface area contributed by atoms with Gasteiger partial charge in [0.05, 0.1) is 23.4 Å². The molecule has 4 aliphatic rings. The molecule has 2 N–H and O–H groups in total. The molecule has 0 aromatic carbocycles. The second-order valence-corrected chi connectivity index (χ2v) is 12.2. The van der Waals surface area contributed by atoms with Crippen LogP contribution in [0.4, 0.5) is 0 Å². The normalized spacial score (nSPS) is 25.7. The Labute approximate surface area is 266 Å². The van der Waals surface area contributed by atoms with Crippen molar-refractivity contribution >= 4 is 35.1 Å². The van der Waals surface area contributed by atoms with Gasteiger partial charge in [0.1, 0.15) is 24.0 Å². The average molecular weight is 639 g/mol. The van der Waals surface area contributed by atoms with E-state index in [4.69, 9.17) is 18.9 Å². The third-order valence-corrected chi connectivity index (χ3v) is 8.10. The molecular formula is C34H38O12. The van der Waals surface area contributed by atoms with Gasteiger partial charge in [-0.25, -0.2) is 0 Å². The van der Waals surface area contributed by atoms with E-state index in [1.165, 1.54) is 12.2 Å². The molecule has 2 heterocycles. The number of aliphatic hydroxyl groups excluding tert-OH is 2. The highest BCUT2D eigenvalue weighted by Crippen LogP contribution is 2.46. The maximum Gasteiger partial charge on any atom is 0.304 e. The van der Waals surface area contributed by atoms with Gasteiger partial charge < -0.3 is 29.2 Å². The minimum absolute atomic E-state index is 0.00296. The molecule has 0 saturated heterocycles. The van der Waals surface area contributed by atoms with E-state index in [-0.39, 0.29) is 33.4 Å². The summed E-state index contributed by atoms with van der Waals surface area (Å²) in [4.78, 5) is 80.7. The summed E-state index contributed by atoms with van der Waals surface area (Å²) in [5, 5.41) is 19.4. The molecular weight excluding hydrogens is 600 g/mol. The molecule has 246 valence electrons. The SMILES string of the molecule is CC(=O)OC1(C)C(=O)C2=COC(CCCC(C)O)=CC2=C(C2=C3C=C(CCCC(C)O)OC=C3C(=O)C(C)(OC(C)=O)C2=O)C1=O. The molecule has 0 aromatic rings. The van der Waals surface area contributed by atoms with E-state index >= 15 is 0 Å². The van der Waals surface area contributed by atoms with Crippen molar-refractivity contribution in [3.63, 3.8) is 0 Å². The summed E-state index contributed by atoms with van der Waals surface area (Å²) >= 11 is 0. The molecule has 46 heavy (non-hydrogen) atoms. The minimum Gasteiger partial charge on any atom is -0.469 e. The molecule has 4 unspecified atom stereocenters. The number of carbonyl (C=O) groups excluding carboxylic acids is 6. The van der Waals surface area contributed by atoms with Gasteiger partial charge >= 0.3 is 11.9 Å². The van der Waals surface area contributed by atoms with E-state index in [9.17, 15) is 39.0 Å². The summed E-state index contributed by atoms with van der Waals surface area (Å²) in [6.07, 6.45) is 6.47. The van der Waals surface area contributed by atoms with Crippen LogP contribution in [0.25, 0.3) is 0 Å². The van der Waals surface area contributed by atoms with Crippen molar-refractivity contribution in [1.82, 2.24) is 0 Å². The lowest BCUT2D eigenvalue weighted by Gasteiger charge is -2.39. The Morgan fingerprint density at radius 2 is 1.04 bits per heavy atom. The van der Waals surface area contributed by atoms with Gasteiger partial charge in [-0.1, -0.05) is 0 Å². The van der Waals surface area contributed by atoms with Crippen molar-refractivity contribution in [1.29, 1.82) is 0 Å². The Morgan fingerprint density at radius 1 is 0.696 bits per heavy atom. The molecule has 0 fully saturated rings. The number of ketones is 4. The Kier molecular flexibility index (Phi) is 9.83. The predicted molar refractivity (Wildman–Crippen MR) is 160 cm³/mol. The summed E-state index contributed by atoms with van der Waals surface area (Å²) in [7, 11) is 0. The van der Waals surface area contributed by atoms with Crippen LogP contribution >= 0.6 is 0 Å². The molecule has 4 rings (SSSR count). The number of ether oxygens (including phenoxy) is 4. The van der Waals surface area contributed by atoms with Gasteiger partial charge in [0.15, 0.2) is 0 Å². The Morgan fingerprint density at radius 3 is 1.35 bits per heavy atom. The van der Waals surface area contributed by atoms with Gasteiger partial charge in [0, 0.05) is 49.0 Å². The van der Waals surface area contributed by atoms with E-state index in [1.54, 1.807) is 13.8 Å². The molecule has 0 bridgehead atoms. The Bertz CT molecular complexity index is 1480. The first-order valence-corrected chi connectivity index (χ1v) is 15.1. The summed E-state index contributed by atoms with van der Waals surface area (Å²) in [5.41, 5.74) is -5.75. The number of rotatable bonds is 11. The number of fused-ring (bicyclic) bond motifs is 2. The summed E-state index contributed by atoms with van der Waals surface area (Å²) in [5.74, 6) is -5.00. The quantitative estimate of drug-likeness (QED) is 0.250. The number of Topliss-reactive ketones (excluding diaryl/α,β-unsaturated/α-hetero) is 4. The molecule has 4 atom stereocenters. The maximum absolute atomic E-state index is 14.5. The first kappa shape index (κ1) is 34.5. The lowest BCUT2D eigenvalue weighted by Crippen LogP contribution is -2.56. The fourth-order valence-corrected chi connectivity index (χ4v) is 5.81. The molecule has 0 spiro atoms. The van der Waals surface area contributed by atoms with Gasteiger partial charge in [-0.2, -0.15) is 0 Å². The summed E-state index contributed by atoms with van der Waals surface area (Å²) in [6.45, 7) is 7.57. The highest BCUT2D eigenvalue weighted by atomic mass is 16.6. The van der Waals surface area contributed by atoms with E-state index in [2.05, 4.69) is 0 Å². The van der Waals surface area contributed by atoms with Crippen LogP contribution in [0.1, 0.15) is 80.1 Å². The molecule has 2 aliphatic carbocycles. The van der Waals surface area contributed by atoms with Gasteiger partial charge in [-0.15, -0.1) is 0 Å². The van der Waals surface area contributed by atoms with Crippen molar-refractivity contribution in [3.05, 3.63) is 69.6 Å². The largest absolute Gasteiger partial charge is 0.469 e. The number of hydrogen-bond acceptors (Lipinski definition) is 12. The van der Waals surface area contributed by atoms with Crippen molar-refractivity contribution in [2.24, 2.45) is 0 Å². The highest BCUT2D eigenvalue weighted by molar-refractivity contribution is 6.37. The van der Waals surface area contributed by atoms with Crippen LogP contribution in [0.5, 0.6) is 0 Å². The van der Waals surface area contributed by atoms with E-state index in [1.807, 2.05) is 0 Å². The second kappa shape index (κ2) is 13.1. The van der Waals surface area contributed by atoms with Gasteiger partial charge in [0.2, 0.25) is 34.3 Å². The van der Waals surface area contributed by atoms with Crippen molar-refractivity contribution in [2.75, 3.05) is 0 Å². The zero-order valence-electron chi connectivity index (χ0n) is 26.7. The monoisotopic (exact) mass is 638 g/mol. The standard InChI is InChI=1S/C34H38O12/c1-17(35)9-7-11-21-13-23-25(15-43-21)29(39)33(5,45-19(3)37)31(41)27(23)28-24-14-22(12-8-10-18(2)36)44-16-26(24)30(40)34(6,32(28)42)46-20(4)38/h13-18,35-36H,7-12H2,1-6H3. The van der Waals surface area contributed by atoms with Crippen LogP contribution in [0.15, 0.2) is 69.6 Å². The van der Waals surface area contributed by atoms with Gasteiger partial charge in [0.25, 0.3) is 0 Å². The fraction of sp³-hybridized carbons (Fsp3) is 0.471. The molecule has 12 nitrogen and oxygen atoms in total. The van der Waals surface area contributed by atoms with Crippen molar-refractivity contribution in [2.45, 2.75) is 103 Å². The van der Waals surface area contributed by atoms with Gasteiger partial charge in [-0.3, -0.25) is 28.8 Å². The first-order chi connectivity index (χ1) is 21.5. The van der Waals surface area contributed by atoms with E-state index in [0.717, 1.165) is 40.2 Å². The van der Waals surface area contributed by atoms with Crippen LogP contribution < -0.4 is 0 Å². The molecule has 12 heteroatoms. The lowest BCUT2D eigenvalue weighted by atomic mass is 9.67. The van der Waals surface area contributed by atoms with Crippen molar-refractivity contribution in [3.8, 4) is 0 Å². The number of carbonyl (C=O) groups is 6. The Hall–Kier alpha value is -4.42. The third kappa shape index (κ3) is 6.45. The molecule has 0 saturated carbocycles. The zero-order chi connectivity index (χ0) is 34.1. The smallest absolute Gasteiger partial charge is 0.304 e. The number of aliphatic hydroxyl groups is 2. The Balaban J connectivity index is 2.03. The zero-order valence-corrected chi connectivity index (χ0v) is 26.7. The lowest BCUT2D eigenvalue weighted by molar-refractivity contribution is -0.168. The second-order valence-electron chi connectivity index (χ2n) is 12.2. The number of allylic oxidation sites excluding steroid dienone is 6. The van der Waals surface area contributed by atoms with Crippen LogP contribution in [0.3, 0.4) is 0 Å². The van der Waals surface area contributed by atoms with Crippen molar-refractivity contribution < 1.29 is 57.9 Å². The first-order valence-electron chi connectivity index (χ1n) is 15.1. The fourth-order valence-electron chi connectivity index (χ4n) is 5.81. The maximum atomic E-state index is 14.5. The van der Waals surface area contributed by atoms with Gasteiger partial charge in [-0.05, 0) is 65.5 Å².